The summed E-state index contributed by atoms with van der Waals surface area (Å²) < 4.78 is 28.7. The maximum atomic E-state index is 13.5. The zero-order chi connectivity index (χ0) is 22.6. The Morgan fingerprint density at radius 3 is 2.29 bits per heavy atom. The lowest BCUT2D eigenvalue weighted by atomic mass is 10.0. The minimum absolute atomic E-state index is 0.112. The molecule has 1 heterocycles. The number of aryl methyl sites for hydroxylation is 4. The molecule has 0 radical (unpaired) electrons. The quantitative estimate of drug-likeness (QED) is 0.681. The minimum atomic E-state index is -3.59. The van der Waals surface area contributed by atoms with Crippen molar-refractivity contribution in [3.05, 3.63) is 58.7 Å². The van der Waals surface area contributed by atoms with Crippen LogP contribution in [0.25, 0.3) is 0 Å². The first-order valence-electron chi connectivity index (χ1n) is 10.9. The van der Waals surface area contributed by atoms with Gasteiger partial charge in [0.15, 0.2) is 0 Å². The third-order valence-electron chi connectivity index (χ3n) is 5.82. The lowest BCUT2D eigenvalue weighted by Crippen LogP contribution is -2.45. The van der Waals surface area contributed by atoms with Crippen LogP contribution < -0.4 is 10.6 Å². The van der Waals surface area contributed by atoms with Crippen LogP contribution in [0.5, 0.6) is 0 Å². The van der Waals surface area contributed by atoms with Crippen molar-refractivity contribution in [2.75, 3.05) is 18.4 Å². The number of piperidine rings is 1. The zero-order valence-electron chi connectivity index (χ0n) is 18.9. The fourth-order valence-electron chi connectivity index (χ4n) is 4.43. The molecule has 1 saturated heterocycles. The summed E-state index contributed by atoms with van der Waals surface area (Å²) in [6, 6.07) is 11.1. The Kier molecular flexibility index (Phi) is 7.38. The largest absolute Gasteiger partial charge is 0.338 e. The monoisotopic (exact) mass is 443 g/mol. The molecule has 1 atom stereocenters. The smallest absolute Gasteiger partial charge is 0.319 e. The zero-order valence-corrected chi connectivity index (χ0v) is 19.7. The minimum Gasteiger partial charge on any atom is -0.338 e. The molecule has 0 aromatic heterocycles. The number of carbonyl (C=O) groups is 1. The number of nitrogens with one attached hydrogen (secondary N) is 2. The highest BCUT2D eigenvalue weighted by Crippen LogP contribution is 2.31. The number of urea groups is 1. The summed E-state index contributed by atoms with van der Waals surface area (Å²) in [4.78, 5) is 12.6. The Morgan fingerprint density at radius 1 is 1.00 bits per heavy atom. The summed E-state index contributed by atoms with van der Waals surface area (Å²) >= 11 is 0. The average molecular weight is 444 g/mol. The number of nitrogens with zero attached hydrogens (tertiary/aromatic N) is 1. The Bertz CT molecular complexity index is 1010. The van der Waals surface area contributed by atoms with Gasteiger partial charge in [-0.05, 0) is 70.2 Å². The average Bonchev–Trinajstić information content (AvgIpc) is 2.69. The van der Waals surface area contributed by atoms with E-state index in [1.807, 2.05) is 64.1 Å². The summed E-state index contributed by atoms with van der Waals surface area (Å²) in [6.45, 7) is 8.64. The summed E-state index contributed by atoms with van der Waals surface area (Å²) in [5, 5.41) is 5.68. The summed E-state index contributed by atoms with van der Waals surface area (Å²) in [5.74, 6) is 0. The van der Waals surface area contributed by atoms with Gasteiger partial charge in [0.1, 0.15) is 0 Å². The van der Waals surface area contributed by atoms with E-state index in [2.05, 4.69) is 10.6 Å². The van der Waals surface area contributed by atoms with Crippen LogP contribution >= 0.6 is 0 Å². The molecule has 2 N–H and O–H groups in total. The van der Waals surface area contributed by atoms with Crippen LogP contribution in [0, 0.1) is 27.7 Å². The van der Waals surface area contributed by atoms with Gasteiger partial charge in [-0.1, -0.05) is 41.8 Å². The van der Waals surface area contributed by atoms with E-state index in [4.69, 9.17) is 0 Å². The molecule has 2 aromatic carbocycles. The molecule has 0 saturated carbocycles. The molecular formula is C24H33N3O3S. The van der Waals surface area contributed by atoms with E-state index in [9.17, 15) is 13.2 Å². The van der Waals surface area contributed by atoms with E-state index in [-0.39, 0.29) is 12.1 Å². The maximum absolute atomic E-state index is 13.5. The second kappa shape index (κ2) is 9.83. The first kappa shape index (κ1) is 23.3. The number of rotatable bonds is 6. The topological polar surface area (TPSA) is 78.5 Å². The van der Waals surface area contributed by atoms with Crippen molar-refractivity contribution in [1.29, 1.82) is 0 Å². The third kappa shape index (κ3) is 5.66. The first-order valence-corrected chi connectivity index (χ1v) is 12.3. The fraction of sp³-hybridized carbons (Fsp3) is 0.458. The predicted molar refractivity (Wildman–Crippen MR) is 125 cm³/mol. The number of carbonyl (C=O) groups excluding carboxylic acids is 1. The number of hydrogen-bond donors (Lipinski definition) is 2. The van der Waals surface area contributed by atoms with Gasteiger partial charge in [-0.15, -0.1) is 0 Å². The van der Waals surface area contributed by atoms with Gasteiger partial charge in [0.05, 0.1) is 4.90 Å². The van der Waals surface area contributed by atoms with Gasteiger partial charge >= 0.3 is 6.03 Å². The molecule has 0 spiro atoms. The van der Waals surface area contributed by atoms with Crippen LogP contribution in [0.3, 0.4) is 0 Å². The van der Waals surface area contributed by atoms with Gasteiger partial charge in [-0.2, -0.15) is 4.31 Å². The number of amides is 2. The molecule has 1 fully saturated rings. The van der Waals surface area contributed by atoms with Crippen LogP contribution in [0.2, 0.25) is 0 Å². The molecule has 7 heteroatoms. The molecule has 3 rings (SSSR count). The van der Waals surface area contributed by atoms with Crippen LogP contribution in [-0.4, -0.2) is 37.9 Å². The maximum Gasteiger partial charge on any atom is 0.319 e. The molecule has 6 nitrogen and oxygen atoms in total. The molecule has 2 aromatic rings. The van der Waals surface area contributed by atoms with E-state index in [1.54, 1.807) is 4.31 Å². The Balaban J connectivity index is 1.65. The van der Waals surface area contributed by atoms with Gasteiger partial charge < -0.3 is 10.6 Å². The lowest BCUT2D eigenvalue weighted by Gasteiger charge is -2.35. The van der Waals surface area contributed by atoms with Gasteiger partial charge in [0.2, 0.25) is 10.0 Å². The Morgan fingerprint density at radius 2 is 1.65 bits per heavy atom. The highest BCUT2D eigenvalue weighted by Gasteiger charge is 2.35. The van der Waals surface area contributed by atoms with Gasteiger partial charge in [-0.3, -0.25) is 0 Å². The molecule has 31 heavy (non-hydrogen) atoms. The summed E-state index contributed by atoms with van der Waals surface area (Å²) in [6.07, 6.45) is 3.26. The van der Waals surface area contributed by atoms with Gasteiger partial charge in [-0.25, -0.2) is 13.2 Å². The van der Waals surface area contributed by atoms with Crippen molar-refractivity contribution >= 4 is 21.7 Å². The molecule has 0 unspecified atom stereocenters. The van der Waals surface area contributed by atoms with E-state index >= 15 is 0 Å². The first-order chi connectivity index (χ1) is 14.7. The highest BCUT2D eigenvalue weighted by atomic mass is 32.2. The van der Waals surface area contributed by atoms with E-state index in [1.165, 1.54) is 0 Å². The van der Waals surface area contributed by atoms with Crippen LogP contribution in [0.1, 0.15) is 47.9 Å². The van der Waals surface area contributed by atoms with Crippen molar-refractivity contribution in [2.45, 2.75) is 64.3 Å². The van der Waals surface area contributed by atoms with E-state index in [0.717, 1.165) is 47.2 Å². The number of benzene rings is 2. The normalized spacial score (nSPS) is 17.4. The second-order valence-electron chi connectivity index (χ2n) is 8.53. The van der Waals surface area contributed by atoms with Crippen LogP contribution in [-0.2, 0) is 10.0 Å². The summed E-state index contributed by atoms with van der Waals surface area (Å²) in [7, 11) is -3.59. The van der Waals surface area contributed by atoms with Gasteiger partial charge in [0.25, 0.3) is 0 Å². The van der Waals surface area contributed by atoms with Crippen molar-refractivity contribution < 1.29 is 13.2 Å². The SMILES string of the molecule is Cc1ccc(NC(=O)NCC[C@H]2CCCCN2S(=O)(=O)c2c(C)cc(C)cc2C)cc1. The van der Waals surface area contributed by atoms with E-state index in [0.29, 0.717) is 24.4 Å². The van der Waals surface area contributed by atoms with Gasteiger partial charge in [0, 0.05) is 24.8 Å². The van der Waals surface area contributed by atoms with Crippen molar-refractivity contribution in [1.82, 2.24) is 9.62 Å². The fourth-order valence-corrected chi connectivity index (χ4v) is 6.57. The molecule has 2 amide bonds. The Hall–Kier alpha value is -2.38. The standard InChI is InChI=1S/C24H33N3O3S/c1-17-8-10-21(11-9-17)26-24(28)25-13-12-22-7-5-6-14-27(22)31(29,30)23-19(3)15-18(2)16-20(23)4/h8-11,15-16,22H,5-7,12-14H2,1-4H3,(H2,25,26,28)/t22-/m1/s1. The van der Waals surface area contributed by atoms with Crippen LogP contribution in [0.4, 0.5) is 10.5 Å². The third-order valence-corrected chi connectivity index (χ3v) is 8.08. The molecule has 0 bridgehead atoms. The van der Waals surface area contributed by atoms with Crippen molar-refractivity contribution in [3.63, 3.8) is 0 Å². The highest BCUT2D eigenvalue weighted by molar-refractivity contribution is 7.89. The predicted octanol–water partition coefficient (Wildman–Crippen LogP) is 4.68. The molecule has 1 aliphatic heterocycles. The molecule has 1 aliphatic rings. The molecular weight excluding hydrogens is 410 g/mol. The number of hydrogen-bond acceptors (Lipinski definition) is 3. The molecule has 0 aliphatic carbocycles. The number of anilines is 1. The van der Waals surface area contributed by atoms with Crippen molar-refractivity contribution in [3.8, 4) is 0 Å². The molecule has 168 valence electrons. The second-order valence-corrected chi connectivity index (χ2v) is 10.4. The summed E-state index contributed by atoms with van der Waals surface area (Å²) in [5.41, 5.74) is 4.50. The number of sulfonamides is 1. The van der Waals surface area contributed by atoms with Crippen LogP contribution in [0.15, 0.2) is 41.3 Å². The van der Waals surface area contributed by atoms with E-state index < -0.39 is 10.0 Å². The lowest BCUT2D eigenvalue weighted by molar-refractivity contribution is 0.234. The van der Waals surface area contributed by atoms with Crippen molar-refractivity contribution in [2.24, 2.45) is 0 Å². The Labute approximate surface area is 186 Å².